The van der Waals surface area contributed by atoms with Crippen molar-refractivity contribution < 1.29 is 0 Å². The summed E-state index contributed by atoms with van der Waals surface area (Å²) in [6.07, 6.45) is 9.58. The summed E-state index contributed by atoms with van der Waals surface area (Å²) >= 11 is 0. The molecule has 0 saturated carbocycles. The van der Waals surface area contributed by atoms with Gasteiger partial charge in [-0.15, -0.1) is 0 Å². The fourth-order valence-corrected chi connectivity index (χ4v) is 1.95. The summed E-state index contributed by atoms with van der Waals surface area (Å²) in [6.45, 7) is 4.50. The maximum Gasteiger partial charge on any atom is -0.0182 e. The van der Waals surface area contributed by atoms with Crippen LogP contribution in [0.25, 0.3) is 0 Å². The summed E-state index contributed by atoms with van der Waals surface area (Å²) in [4.78, 5) is 0. The zero-order valence-corrected chi connectivity index (χ0v) is 7.22. The van der Waals surface area contributed by atoms with Crippen molar-refractivity contribution in [3.8, 4) is 0 Å². The molecule has 2 rings (SSSR count). The van der Waals surface area contributed by atoms with Gasteiger partial charge < -0.3 is 0 Å². The van der Waals surface area contributed by atoms with Crippen molar-refractivity contribution in [3.05, 3.63) is 34.9 Å². The second-order valence-corrected chi connectivity index (χ2v) is 3.63. The average Bonchev–Trinajstić information content (AvgIpc) is 2.31. The number of allylic oxidation sites excluding steroid dienone is 6. The highest BCUT2D eigenvalue weighted by Crippen LogP contribution is 2.35. The molecule has 0 nitrogen and oxygen atoms in total. The van der Waals surface area contributed by atoms with Crippen LogP contribution in [-0.2, 0) is 0 Å². The minimum atomic E-state index is 0.781. The first-order valence-corrected chi connectivity index (χ1v) is 4.38. The molecule has 2 aliphatic rings. The molecule has 0 aromatic rings. The lowest BCUT2D eigenvalue weighted by atomic mass is 9.87. The third kappa shape index (κ3) is 1.07. The highest BCUT2D eigenvalue weighted by Gasteiger charge is 2.19. The zero-order chi connectivity index (χ0) is 7.84. The van der Waals surface area contributed by atoms with E-state index in [1.54, 1.807) is 5.57 Å². The molecular formula is C11H14. The number of hydrogen-bond donors (Lipinski definition) is 0. The smallest absolute Gasteiger partial charge is 0.0182 e. The van der Waals surface area contributed by atoms with Gasteiger partial charge in [0.1, 0.15) is 0 Å². The van der Waals surface area contributed by atoms with Gasteiger partial charge in [0.15, 0.2) is 0 Å². The molecule has 58 valence electrons. The van der Waals surface area contributed by atoms with Crippen molar-refractivity contribution >= 4 is 0 Å². The Morgan fingerprint density at radius 1 is 1.36 bits per heavy atom. The van der Waals surface area contributed by atoms with E-state index in [1.807, 2.05) is 0 Å². The molecule has 0 aromatic carbocycles. The van der Waals surface area contributed by atoms with E-state index in [0.717, 1.165) is 5.92 Å². The molecule has 0 fully saturated rings. The lowest BCUT2D eigenvalue weighted by Gasteiger charge is -2.18. The lowest BCUT2D eigenvalue weighted by Crippen LogP contribution is -2.03. The standard InChI is InChI=1S/C11H14/c1-8-6-10-5-3-4-9(2)11(10)7-8/h5-7,9H,3-4H2,1-2H3. The van der Waals surface area contributed by atoms with Crippen molar-refractivity contribution in [2.24, 2.45) is 5.92 Å². The van der Waals surface area contributed by atoms with Gasteiger partial charge in [0.25, 0.3) is 0 Å². The van der Waals surface area contributed by atoms with Crippen LogP contribution in [0.5, 0.6) is 0 Å². The van der Waals surface area contributed by atoms with Crippen molar-refractivity contribution in [1.29, 1.82) is 0 Å². The van der Waals surface area contributed by atoms with Gasteiger partial charge >= 0.3 is 0 Å². The van der Waals surface area contributed by atoms with Gasteiger partial charge in [-0.25, -0.2) is 0 Å². The molecule has 0 spiro atoms. The Bertz CT molecular complexity index is 264. The van der Waals surface area contributed by atoms with Gasteiger partial charge in [-0.3, -0.25) is 0 Å². The maximum atomic E-state index is 2.36. The number of rotatable bonds is 0. The second kappa shape index (κ2) is 2.37. The molecule has 1 atom stereocenters. The van der Waals surface area contributed by atoms with Crippen LogP contribution in [0.1, 0.15) is 26.7 Å². The zero-order valence-electron chi connectivity index (χ0n) is 7.22. The first-order valence-electron chi connectivity index (χ1n) is 4.38. The van der Waals surface area contributed by atoms with Crippen LogP contribution in [0.2, 0.25) is 0 Å². The van der Waals surface area contributed by atoms with Crippen LogP contribution >= 0.6 is 0 Å². The molecule has 0 aromatic heterocycles. The van der Waals surface area contributed by atoms with Crippen LogP contribution in [0, 0.1) is 5.92 Å². The van der Waals surface area contributed by atoms with E-state index in [-0.39, 0.29) is 0 Å². The monoisotopic (exact) mass is 146 g/mol. The summed E-state index contributed by atoms with van der Waals surface area (Å²) < 4.78 is 0. The fourth-order valence-electron chi connectivity index (χ4n) is 1.95. The van der Waals surface area contributed by atoms with Crippen molar-refractivity contribution in [1.82, 2.24) is 0 Å². The third-order valence-electron chi connectivity index (χ3n) is 2.59. The normalized spacial score (nSPS) is 28.9. The number of hydrogen-bond acceptors (Lipinski definition) is 0. The molecule has 1 unspecified atom stereocenters. The topological polar surface area (TPSA) is 0 Å². The summed E-state index contributed by atoms with van der Waals surface area (Å²) in [7, 11) is 0. The Hall–Kier alpha value is -0.780. The molecular weight excluding hydrogens is 132 g/mol. The highest BCUT2D eigenvalue weighted by molar-refractivity contribution is 5.54. The molecule has 0 N–H and O–H groups in total. The summed E-state index contributed by atoms with van der Waals surface area (Å²) in [5.41, 5.74) is 4.47. The van der Waals surface area contributed by atoms with E-state index in [4.69, 9.17) is 0 Å². The Kier molecular flexibility index (Phi) is 1.49. The van der Waals surface area contributed by atoms with Crippen molar-refractivity contribution in [2.45, 2.75) is 26.7 Å². The summed E-state index contributed by atoms with van der Waals surface area (Å²) in [5, 5.41) is 0. The third-order valence-corrected chi connectivity index (χ3v) is 2.59. The van der Waals surface area contributed by atoms with E-state index < -0.39 is 0 Å². The predicted octanol–water partition coefficient (Wildman–Crippen LogP) is 3.23. The molecule has 0 bridgehead atoms. The van der Waals surface area contributed by atoms with E-state index in [9.17, 15) is 0 Å². The quantitative estimate of drug-likeness (QED) is 0.492. The van der Waals surface area contributed by atoms with Gasteiger partial charge in [0.2, 0.25) is 0 Å². The van der Waals surface area contributed by atoms with Gasteiger partial charge in [0.05, 0.1) is 0 Å². The summed E-state index contributed by atoms with van der Waals surface area (Å²) in [5.74, 6) is 0.781. The summed E-state index contributed by atoms with van der Waals surface area (Å²) in [6, 6.07) is 0. The largest absolute Gasteiger partial charge is 0.0769 e. The molecule has 0 aliphatic heterocycles. The molecule has 0 amide bonds. The predicted molar refractivity (Wildman–Crippen MR) is 48.3 cm³/mol. The SMILES string of the molecule is CC1=CC2=CCCC(C)C2=C1. The minimum absolute atomic E-state index is 0.781. The average molecular weight is 146 g/mol. The van der Waals surface area contributed by atoms with Crippen molar-refractivity contribution in [3.63, 3.8) is 0 Å². The maximum absolute atomic E-state index is 2.36. The molecule has 0 heterocycles. The van der Waals surface area contributed by atoms with E-state index >= 15 is 0 Å². The Labute approximate surface area is 68.3 Å². The lowest BCUT2D eigenvalue weighted by molar-refractivity contribution is 0.612. The molecule has 0 heteroatoms. The van der Waals surface area contributed by atoms with E-state index in [2.05, 4.69) is 32.1 Å². The highest BCUT2D eigenvalue weighted by atomic mass is 14.2. The van der Waals surface area contributed by atoms with Crippen LogP contribution in [0.4, 0.5) is 0 Å². The second-order valence-electron chi connectivity index (χ2n) is 3.63. The minimum Gasteiger partial charge on any atom is -0.0769 e. The molecule has 2 aliphatic carbocycles. The van der Waals surface area contributed by atoms with Crippen LogP contribution in [0.15, 0.2) is 34.9 Å². The Morgan fingerprint density at radius 2 is 2.18 bits per heavy atom. The van der Waals surface area contributed by atoms with E-state index in [1.165, 1.54) is 24.0 Å². The van der Waals surface area contributed by atoms with Gasteiger partial charge in [-0.1, -0.05) is 30.7 Å². The molecule has 11 heavy (non-hydrogen) atoms. The molecule has 0 radical (unpaired) electrons. The van der Waals surface area contributed by atoms with Crippen molar-refractivity contribution in [2.75, 3.05) is 0 Å². The first-order chi connectivity index (χ1) is 5.27. The van der Waals surface area contributed by atoms with Gasteiger partial charge in [-0.05, 0) is 36.8 Å². The van der Waals surface area contributed by atoms with Crippen LogP contribution in [0.3, 0.4) is 0 Å². The molecule has 0 saturated heterocycles. The Balaban J connectivity index is 2.39. The first kappa shape index (κ1) is 6.90. The van der Waals surface area contributed by atoms with Crippen LogP contribution in [-0.4, -0.2) is 0 Å². The van der Waals surface area contributed by atoms with Gasteiger partial charge in [-0.2, -0.15) is 0 Å². The fraction of sp³-hybridized carbons (Fsp3) is 0.455. The van der Waals surface area contributed by atoms with Crippen LogP contribution < -0.4 is 0 Å². The number of fused-ring (bicyclic) bond motifs is 1. The van der Waals surface area contributed by atoms with E-state index in [0.29, 0.717) is 0 Å². The Morgan fingerprint density at radius 3 is 2.91 bits per heavy atom. The van der Waals surface area contributed by atoms with Gasteiger partial charge in [0, 0.05) is 0 Å².